The van der Waals surface area contributed by atoms with Gasteiger partial charge >= 0.3 is 22.7 Å². The van der Waals surface area contributed by atoms with Crippen LogP contribution in [-0.4, -0.2) is 43.3 Å². The van der Waals surface area contributed by atoms with Gasteiger partial charge in [0.25, 0.3) is 0 Å². The van der Waals surface area contributed by atoms with E-state index in [0.29, 0.717) is 10.8 Å². The highest BCUT2D eigenvalue weighted by Crippen LogP contribution is 2.47. The van der Waals surface area contributed by atoms with Crippen LogP contribution < -0.4 is 9.65 Å². The third-order valence-corrected chi connectivity index (χ3v) is 14.6. The molecule has 0 fully saturated rings. The predicted octanol–water partition coefficient (Wildman–Crippen LogP) is 16.1. The minimum Gasteiger partial charge on any atom is -0.423 e. The lowest BCUT2D eigenvalue weighted by Crippen LogP contribution is -2.29. The first-order valence-electron chi connectivity index (χ1n) is 24.8. The summed E-state index contributed by atoms with van der Waals surface area (Å²) in [6, 6.07) is 72.8. The summed E-state index contributed by atoms with van der Waals surface area (Å²) in [5.74, 6) is -0.380. The van der Waals surface area contributed by atoms with E-state index in [4.69, 9.17) is 15.2 Å². The average Bonchev–Trinajstić information content (AvgIpc) is 3.47. The van der Waals surface area contributed by atoms with Crippen molar-refractivity contribution in [1.29, 1.82) is 0 Å². The highest BCUT2D eigenvalue weighted by molar-refractivity contribution is 7.88. The number of halogens is 3. The Morgan fingerprint density at radius 1 is 0.382 bits per heavy atom. The summed E-state index contributed by atoms with van der Waals surface area (Å²) in [5.41, 5.74) is -2.45. The zero-order chi connectivity index (χ0) is 53.3. The SMILES string of the molecule is CCC.CO.O=S(=O)(Oc1ccc2c(c1)c1cccc3c4ccccc4c4cccc2c4c31)C(F)(F)F.OB(O)c1ccccc1.c1ccc(-c2ccc3c(c2)c2cccc4c5ccccc5c5cccc3c5c42)cc1. The molecule has 11 heteroatoms. The number of hydrogen-bond acceptors (Lipinski definition) is 6. The zero-order valence-electron chi connectivity index (χ0n) is 41.7. The quantitative estimate of drug-likeness (QED) is 0.0533. The van der Waals surface area contributed by atoms with Crippen molar-refractivity contribution in [3.05, 3.63) is 218 Å². The maximum Gasteiger partial charge on any atom is 0.534 e. The Hall–Kier alpha value is -8.32. The van der Waals surface area contributed by atoms with E-state index in [0.717, 1.165) is 55.6 Å². The Labute approximate surface area is 437 Å². The Bertz CT molecular complexity index is 4490. The van der Waals surface area contributed by atoms with Crippen molar-refractivity contribution < 1.29 is 40.9 Å². The van der Waals surface area contributed by atoms with Gasteiger partial charge < -0.3 is 19.3 Å². The lowest BCUT2D eigenvalue weighted by atomic mass is 9.81. The van der Waals surface area contributed by atoms with Crippen molar-refractivity contribution in [3.63, 3.8) is 0 Å². The first-order chi connectivity index (χ1) is 36.9. The van der Waals surface area contributed by atoms with Crippen LogP contribution in [-0.2, 0) is 10.1 Å². The second-order valence-corrected chi connectivity index (χ2v) is 19.8. The van der Waals surface area contributed by atoms with Gasteiger partial charge in [0.15, 0.2) is 0 Å². The lowest BCUT2D eigenvalue weighted by Gasteiger charge is -2.18. The molecule has 14 aromatic carbocycles. The highest BCUT2D eigenvalue weighted by Gasteiger charge is 2.48. The van der Waals surface area contributed by atoms with Gasteiger partial charge in [-0.3, -0.25) is 0 Å². The minimum atomic E-state index is -5.76. The van der Waals surface area contributed by atoms with Crippen molar-refractivity contribution >= 4 is 130 Å². The molecule has 0 radical (unpaired) electrons. The summed E-state index contributed by atoms with van der Waals surface area (Å²) < 4.78 is 66.0. The topological polar surface area (TPSA) is 104 Å². The van der Waals surface area contributed by atoms with Crippen LogP contribution in [0.15, 0.2) is 218 Å². The Kier molecular flexibility index (Phi) is 14.2. The van der Waals surface area contributed by atoms with Crippen LogP contribution in [0.4, 0.5) is 13.2 Å². The Morgan fingerprint density at radius 3 is 1.04 bits per heavy atom. The molecule has 3 N–H and O–H groups in total. The summed E-state index contributed by atoms with van der Waals surface area (Å²) in [7, 11) is -6.10. The fourth-order valence-electron chi connectivity index (χ4n) is 10.6. The van der Waals surface area contributed by atoms with Gasteiger partial charge in [0.2, 0.25) is 0 Å². The van der Waals surface area contributed by atoms with Gasteiger partial charge in [0.1, 0.15) is 5.75 Å². The van der Waals surface area contributed by atoms with E-state index < -0.39 is 22.7 Å². The normalized spacial score (nSPS) is 11.6. The summed E-state index contributed by atoms with van der Waals surface area (Å²) in [5, 5.41) is 47.2. The van der Waals surface area contributed by atoms with Crippen LogP contribution >= 0.6 is 0 Å². The molecular weight excluding hydrogens is 977 g/mol. The van der Waals surface area contributed by atoms with Gasteiger partial charge in [-0.05, 0) is 149 Å². The van der Waals surface area contributed by atoms with E-state index >= 15 is 0 Å². The number of hydrogen-bond donors (Lipinski definition) is 3. The number of aliphatic hydroxyl groups excluding tert-OH is 1. The molecule has 14 aromatic rings. The molecule has 0 atom stereocenters. The third kappa shape index (κ3) is 9.11. The van der Waals surface area contributed by atoms with Crippen LogP contribution in [0.3, 0.4) is 0 Å². The fraction of sp³-hybridized carbons (Fsp3) is 0.0769. The van der Waals surface area contributed by atoms with Crippen molar-refractivity contribution in [3.8, 4) is 16.9 Å². The van der Waals surface area contributed by atoms with Crippen molar-refractivity contribution in [1.82, 2.24) is 0 Å². The average molecular weight is 1030 g/mol. The number of benzene rings is 14. The smallest absolute Gasteiger partial charge is 0.423 e. The highest BCUT2D eigenvalue weighted by atomic mass is 32.2. The first-order valence-corrected chi connectivity index (χ1v) is 26.2. The number of alkyl halides is 3. The van der Waals surface area contributed by atoms with E-state index in [1.807, 2.05) is 54.6 Å². The molecule has 0 aliphatic carbocycles. The molecule has 0 amide bonds. The van der Waals surface area contributed by atoms with E-state index in [-0.39, 0.29) is 5.75 Å². The zero-order valence-corrected chi connectivity index (χ0v) is 42.5. The van der Waals surface area contributed by atoms with E-state index in [1.54, 1.807) is 30.3 Å². The second kappa shape index (κ2) is 21.1. The largest absolute Gasteiger partial charge is 0.534 e. The molecular formula is C65H50BF3O6S. The standard InChI is InChI=1S/C30H18.C25H13F3O3S.C6H7BO2.C3H8.CH4O/c1-2-8-19(9-3-1)20-16-17-23-26-14-6-12-24-21-10-4-5-11-22(21)25-13-7-15-27(28(23)18-20)30(25)29(24)26;26-25(27,28)32(29,30)31-14-11-12-17-20-9-3-7-18-15-5-1-2-6-16(15)19-8-4-10-21(22(17)13-14)24(19)23(18)20;8-7(9)6-4-2-1-3-5-6;1-3-2;1-2/h1-18H;1-13H;1-5,8-9H;3H2,1-2H3;2H,1H3. The van der Waals surface area contributed by atoms with Crippen LogP contribution in [0, 0.1) is 0 Å². The van der Waals surface area contributed by atoms with Crippen LogP contribution in [0.25, 0.3) is 119 Å². The van der Waals surface area contributed by atoms with Crippen LogP contribution in [0.5, 0.6) is 5.75 Å². The third-order valence-electron chi connectivity index (χ3n) is 13.6. The molecule has 376 valence electrons. The summed E-state index contributed by atoms with van der Waals surface area (Å²) >= 11 is 0. The monoisotopic (exact) mass is 1030 g/mol. The van der Waals surface area contributed by atoms with Gasteiger partial charge in [-0.25, -0.2) is 0 Å². The number of fused-ring (bicyclic) bond motifs is 12. The van der Waals surface area contributed by atoms with E-state index in [2.05, 4.69) is 139 Å². The minimum absolute atomic E-state index is 0.380. The second-order valence-electron chi connectivity index (χ2n) is 18.3. The summed E-state index contributed by atoms with van der Waals surface area (Å²) in [6.45, 7) is 4.25. The molecule has 0 aliphatic rings. The summed E-state index contributed by atoms with van der Waals surface area (Å²) in [6.07, 6.45) is 1.25. The molecule has 0 bridgehead atoms. The van der Waals surface area contributed by atoms with Crippen LogP contribution in [0.1, 0.15) is 20.3 Å². The van der Waals surface area contributed by atoms with Gasteiger partial charge in [0, 0.05) is 7.11 Å². The van der Waals surface area contributed by atoms with Gasteiger partial charge in [-0.15, -0.1) is 0 Å². The van der Waals surface area contributed by atoms with Gasteiger partial charge in [-0.2, -0.15) is 21.6 Å². The Balaban J connectivity index is 0.000000139. The molecule has 0 saturated carbocycles. The molecule has 0 saturated heterocycles. The van der Waals surface area contributed by atoms with E-state index in [1.165, 1.54) is 83.5 Å². The molecule has 0 aromatic heterocycles. The first kappa shape index (κ1) is 51.2. The molecule has 0 spiro atoms. The van der Waals surface area contributed by atoms with Gasteiger partial charge in [0.05, 0.1) is 0 Å². The molecule has 0 heterocycles. The predicted molar refractivity (Wildman–Crippen MR) is 312 cm³/mol. The summed E-state index contributed by atoms with van der Waals surface area (Å²) in [4.78, 5) is 0. The lowest BCUT2D eigenvalue weighted by molar-refractivity contribution is -0.0500. The molecule has 0 aliphatic heterocycles. The fourth-order valence-corrected chi connectivity index (χ4v) is 11.1. The number of rotatable bonds is 4. The van der Waals surface area contributed by atoms with Crippen molar-refractivity contribution in [2.24, 2.45) is 0 Å². The van der Waals surface area contributed by atoms with Crippen molar-refractivity contribution in [2.45, 2.75) is 25.8 Å². The van der Waals surface area contributed by atoms with Crippen LogP contribution in [0.2, 0.25) is 0 Å². The molecule has 14 rings (SSSR count). The molecule has 76 heavy (non-hydrogen) atoms. The molecule has 0 unspecified atom stereocenters. The Morgan fingerprint density at radius 2 is 0.684 bits per heavy atom. The molecule has 6 nitrogen and oxygen atoms in total. The van der Waals surface area contributed by atoms with E-state index in [9.17, 15) is 21.6 Å². The number of aliphatic hydroxyl groups is 1. The van der Waals surface area contributed by atoms with Gasteiger partial charge in [-0.1, -0.05) is 214 Å². The van der Waals surface area contributed by atoms with Crippen molar-refractivity contribution in [2.75, 3.05) is 7.11 Å². The maximum atomic E-state index is 12.8. The maximum absolute atomic E-state index is 12.8.